The summed E-state index contributed by atoms with van der Waals surface area (Å²) in [6, 6.07) is 8.95. The van der Waals surface area contributed by atoms with Crippen LogP contribution in [0.1, 0.15) is 11.5 Å². The molecule has 7 heteroatoms. The van der Waals surface area contributed by atoms with E-state index in [2.05, 4.69) is 10.4 Å². The van der Waals surface area contributed by atoms with Gasteiger partial charge in [-0.1, -0.05) is 18.2 Å². The molecule has 108 valence electrons. The summed E-state index contributed by atoms with van der Waals surface area (Å²) in [6.07, 6.45) is 1.50. The predicted octanol–water partition coefficient (Wildman–Crippen LogP) is 1.08. The number of benzene rings is 1. The highest BCUT2D eigenvalue weighted by Crippen LogP contribution is 2.33. The molecule has 21 heavy (non-hydrogen) atoms. The lowest BCUT2D eigenvalue weighted by molar-refractivity contribution is -0.137. The van der Waals surface area contributed by atoms with Crippen LogP contribution in [0, 0.1) is 0 Å². The van der Waals surface area contributed by atoms with Gasteiger partial charge in [-0.15, -0.1) is 0 Å². The smallest absolute Gasteiger partial charge is 0.325 e. The van der Waals surface area contributed by atoms with Gasteiger partial charge >= 0.3 is 5.97 Å². The van der Waals surface area contributed by atoms with E-state index < -0.39 is 5.97 Å². The van der Waals surface area contributed by atoms with Crippen molar-refractivity contribution < 1.29 is 19.4 Å². The van der Waals surface area contributed by atoms with E-state index in [4.69, 9.17) is 9.84 Å². The molecular formula is C14H13N3O4. The zero-order chi connectivity index (χ0) is 14.8. The molecule has 0 aliphatic carbocycles. The molecule has 0 bridgehead atoms. The average molecular weight is 287 g/mol. The monoisotopic (exact) mass is 287 g/mol. The summed E-state index contributed by atoms with van der Waals surface area (Å²) in [5.74, 6) is -0.555. The Morgan fingerprint density at radius 1 is 1.38 bits per heavy atom. The summed E-state index contributed by atoms with van der Waals surface area (Å²) in [5, 5.41) is 15.3. The van der Waals surface area contributed by atoms with Gasteiger partial charge in [-0.2, -0.15) is 5.10 Å². The number of aliphatic carboxylic acids is 1. The second kappa shape index (κ2) is 5.28. The van der Waals surface area contributed by atoms with Crippen LogP contribution in [0.5, 0.6) is 5.75 Å². The second-order valence-corrected chi connectivity index (χ2v) is 4.68. The van der Waals surface area contributed by atoms with Gasteiger partial charge in [0.05, 0.1) is 0 Å². The first-order chi connectivity index (χ1) is 10.1. The fourth-order valence-electron chi connectivity index (χ4n) is 2.25. The molecule has 7 nitrogen and oxygen atoms in total. The van der Waals surface area contributed by atoms with Crippen LogP contribution in [0.3, 0.4) is 0 Å². The third-order valence-electron chi connectivity index (χ3n) is 3.21. The van der Waals surface area contributed by atoms with Gasteiger partial charge in [-0.3, -0.25) is 14.3 Å². The molecule has 1 aliphatic heterocycles. The van der Waals surface area contributed by atoms with Crippen LogP contribution in [0.25, 0.3) is 0 Å². The van der Waals surface area contributed by atoms with E-state index in [1.165, 1.54) is 10.9 Å². The van der Waals surface area contributed by atoms with Gasteiger partial charge in [0.1, 0.15) is 24.8 Å². The average Bonchev–Trinajstić information content (AvgIpc) is 3.04. The SMILES string of the molecule is O=C(O)Cn1ccc(NC(=O)[C@H]2COc3ccccc32)n1. The lowest BCUT2D eigenvalue weighted by Crippen LogP contribution is -2.22. The van der Waals surface area contributed by atoms with Crippen LogP contribution in [-0.2, 0) is 16.1 Å². The minimum Gasteiger partial charge on any atom is -0.492 e. The zero-order valence-electron chi connectivity index (χ0n) is 11.0. The molecule has 1 atom stereocenters. The maximum Gasteiger partial charge on any atom is 0.325 e. The molecule has 2 heterocycles. The van der Waals surface area contributed by atoms with Gasteiger partial charge in [0, 0.05) is 17.8 Å². The topological polar surface area (TPSA) is 93.5 Å². The predicted molar refractivity (Wildman–Crippen MR) is 73.2 cm³/mol. The van der Waals surface area contributed by atoms with Crippen LogP contribution in [0.15, 0.2) is 36.5 Å². The summed E-state index contributed by atoms with van der Waals surface area (Å²) in [5.41, 5.74) is 0.847. The molecule has 0 saturated heterocycles. The molecule has 1 amide bonds. The van der Waals surface area contributed by atoms with E-state index >= 15 is 0 Å². The molecule has 1 aliphatic rings. The highest BCUT2D eigenvalue weighted by Gasteiger charge is 2.30. The van der Waals surface area contributed by atoms with Crippen molar-refractivity contribution in [3.8, 4) is 5.75 Å². The standard InChI is InChI=1S/C14H13N3O4/c18-13(19)7-17-6-5-12(16-17)15-14(20)10-8-21-11-4-2-1-3-9(10)11/h1-6,10H,7-8H2,(H,18,19)(H,15,16,20)/t10-/m0/s1. The summed E-state index contributed by atoms with van der Waals surface area (Å²) >= 11 is 0. The lowest BCUT2D eigenvalue weighted by Gasteiger charge is -2.08. The Morgan fingerprint density at radius 3 is 3.00 bits per heavy atom. The minimum atomic E-state index is -0.992. The van der Waals surface area contributed by atoms with Crippen LogP contribution >= 0.6 is 0 Å². The first-order valence-corrected chi connectivity index (χ1v) is 6.41. The largest absolute Gasteiger partial charge is 0.492 e. The number of nitrogens with zero attached hydrogens (tertiary/aromatic N) is 2. The Bertz CT molecular complexity index is 695. The molecule has 1 aromatic heterocycles. The summed E-state index contributed by atoms with van der Waals surface area (Å²) in [7, 11) is 0. The number of fused-ring (bicyclic) bond motifs is 1. The quantitative estimate of drug-likeness (QED) is 0.877. The first kappa shape index (κ1) is 13.2. The lowest BCUT2D eigenvalue weighted by atomic mass is 10.0. The van der Waals surface area contributed by atoms with E-state index in [1.807, 2.05) is 24.3 Å². The fourth-order valence-corrected chi connectivity index (χ4v) is 2.25. The van der Waals surface area contributed by atoms with Gasteiger partial charge in [0.15, 0.2) is 5.82 Å². The van der Waals surface area contributed by atoms with Gasteiger partial charge in [0.2, 0.25) is 5.91 Å². The molecule has 0 unspecified atom stereocenters. The van der Waals surface area contributed by atoms with Crippen LogP contribution in [0.4, 0.5) is 5.82 Å². The van der Waals surface area contributed by atoms with E-state index in [0.29, 0.717) is 18.2 Å². The van der Waals surface area contributed by atoms with Crippen LogP contribution in [-0.4, -0.2) is 33.4 Å². The Morgan fingerprint density at radius 2 is 2.19 bits per heavy atom. The maximum absolute atomic E-state index is 12.3. The van der Waals surface area contributed by atoms with Crippen molar-refractivity contribution in [3.05, 3.63) is 42.1 Å². The molecule has 2 aromatic rings. The number of carboxylic acids is 1. The number of carbonyl (C=O) groups excluding carboxylic acids is 1. The Labute approximate surface area is 120 Å². The summed E-state index contributed by atoms with van der Waals surface area (Å²) in [6.45, 7) is 0.0479. The van der Waals surface area contributed by atoms with E-state index in [0.717, 1.165) is 5.56 Å². The molecule has 3 rings (SSSR count). The number of hydrogen-bond acceptors (Lipinski definition) is 4. The normalized spacial score (nSPS) is 16.1. The van der Waals surface area contributed by atoms with Crippen molar-refractivity contribution in [1.82, 2.24) is 9.78 Å². The molecule has 0 spiro atoms. The van der Waals surface area contributed by atoms with Gasteiger partial charge < -0.3 is 15.2 Å². The number of amides is 1. The number of nitrogens with one attached hydrogen (secondary N) is 1. The van der Waals surface area contributed by atoms with Crippen LogP contribution in [0.2, 0.25) is 0 Å². The molecule has 2 N–H and O–H groups in total. The van der Waals surface area contributed by atoms with Crippen molar-refractivity contribution in [2.75, 3.05) is 11.9 Å². The Balaban J connectivity index is 1.70. The number of hydrogen-bond donors (Lipinski definition) is 2. The summed E-state index contributed by atoms with van der Waals surface area (Å²) in [4.78, 5) is 22.8. The third kappa shape index (κ3) is 2.71. The molecule has 0 fully saturated rings. The number of carbonyl (C=O) groups is 2. The van der Waals surface area contributed by atoms with Gasteiger partial charge in [-0.25, -0.2) is 0 Å². The summed E-state index contributed by atoms with van der Waals surface area (Å²) < 4.78 is 6.71. The highest BCUT2D eigenvalue weighted by molar-refractivity contribution is 5.96. The van der Waals surface area contributed by atoms with Crippen molar-refractivity contribution in [1.29, 1.82) is 0 Å². The molecule has 0 saturated carbocycles. The number of aromatic nitrogens is 2. The third-order valence-corrected chi connectivity index (χ3v) is 3.21. The molecule has 1 aromatic carbocycles. The number of anilines is 1. The zero-order valence-corrected chi connectivity index (χ0v) is 11.0. The van der Waals surface area contributed by atoms with Crippen molar-refractivity contribution >= 4 is 17.7 Å². The van der Waals surface area contributed by atoms with Gasteiger partial charge in [-0.05, 0) is 6.07 Å². The Hall–Kier alpha value is -2.83. The van der Waals surface area contributed by atoms with E-state index in [9.17, 15) is 9.59 Å². The second-order valence-electron chi connectivity index (χ2n) is 4.68. The van der Waals surface area contributed by atoms with Crippen molar-refractivity contribution in [2.24, 2.45) is 0 Å². The van der Waals surface area contributed by atoms with E-state index in [-0.39, 0.29) is 18.4 Å². The molecule has 0 radical (unpaired) electrons. The maximum atomic E-state index is 12.3. The first-order valence-electron chi connectivity index (χ1n) is 6.41. The van der Waals surface area contributed by atoms with Gasteiger partial charge in [0.25, 0.3) is 0 Å². The minimum absolute atomic E-state index is 0.222. The number of ether oxygens (including phenoxy) is 1. The Kier molecular flexibility index (Phi) is 3.31. The van der Waals surface area contributed by atoms with Crippen molar-refractivity contribution in [3.63, 3.8) is 0 Å². The van der Waals surface area contributed by atoms with Crippen LogP contribution < -0.4 is 10.1 Å². The number of rotatable bonds is 4. The molecular weight excluding hydrogens is 274 g/mol. The number of carboxylic acid groups (broad SMARTS) is 1. The highest BCUT2D eigenvalue weighted by atomic mass is 16.5. The van der Waals surface area contributed by atoms with E-state index in [1.54, 1.807) is 6.07 Å². The van der Waals surface area contributed by atoms with Crippen molar-refractivity contribution in [2.45, 2.75) is 12.5 Å². The fraction of sp³-hybridized carbons (Fsp3) is 0.214. The number of para-hydroxylation sites is 1.